The van der Waals surface area contributed by atoms with Crippen molar-refractivity contribution in [3.63, 3.8) is 0 Å². The Morgan fingerprint density at radius 3 is 2.68 bits per heavy atom. The van der Waals surface area contributed by atoms with E-state index in [1.807, 2.05) is 44.6 Å². The standard InChI is InChI=1S/C15H22N2O2S.C2H6/c1-10(16-12(3)20-4)14-5-6-15(18)17(11(14)2)13-7-8-19-9-13;1-2/h5-6,12-13H,7-9H2,1-4H3;1-2H3/b16-10-;. The molecule has 124 valence electrons. The molecule has 4 nitrogen and oxygen atoms in total. The Bertz CT molecular complexity index is 560. The van der Waals surface area contributed by atoms with Crippen LogP contribution in [0.15, 0.2) is 21.9 Å². The molecule has 2 unspecified atom stereocenters. The Kier molecular flexibility index (Phi) is 7.90. The zero-order chi connectivity index (χ0) is 16.7. The van der Waals surface area contributed by atoms with Gasteiger partial charge in [-0.3, -0.25) is 9.79 Å². The van der Waals surface area contributed by atoms with Gasteiger partial charge in [-0.05, 0) is 39.5 Å². The Morgan fingerprint density at radius 1 is 1.45 bits per heavy atom. The number of rotatable bonds is 4. The fraction of sp³-hybridized carbons (Fsp3) is 0.647. The molecule has 0 aromatic carbocycles. The zero-order valence-corrected chi connectivity index (χ0v) is 15.4. The number of ether oxygens (including phenoxy) is 1. The second kappa shape index (κ2) is 9.16. The summed E-state index contributed by atoms with van der Waals surface area (Å²) in [4.78, 5) is 16.8. The first-order valence-electron chi connectivity index (χ1n) is 7.92. The highest BCUT2D eigenvalue weighted by molar-refractivity contribution is 7.99. The van der Waals surface area contributed by atoms with Crippen LogP contribution in [0.1, 0.15) is 51.4 Å². The molecule has 0 radical (unpaired) electrons. The average Bonchev–Trinajstić information content (AvgIpc) is 3.03. The maximum absolute atomic E-state index is 12.1. The molecule has 0 N–H and O–H groups in total. The number of thioether (sulfide) groups is 1. The van der Waals surface area contributed by atoms with Gasteiger partial charge in [-0.2, -0.15) is 0 Å². The van der Waals surface area contributed by atoms with E-state index < -0.39 is 0 Å². The van der Waals surface area contributed by atoms with E-state index in [1.54, 1.807) is 17.8 Å². The summed E-state index contributed by atoms with van der Waals surface area (Å²) in [6.45, 7) is 11.4. The van der Waals surface area contributed by atoms with Crippen molar-refractivity contribution in [1.29, 1.82) is 0 Å². The van der Waals surface area contributed by atoms with Crippen LogP contribution in [0.3, 0.4) is 0 Å². The normalized spacial score (nSPS) is 19.5. The summed E-state index contributed by atoms with van der Waals surface area (Å²) in [5, 5.41) is 0.226. The number of hydrogen-bond acceptors (Lipinski definition) is 4. The largest absolute Gasteiger partial charge is 0.379 e. The van der Waals surface area contributed by atoms with Crippen LogP contribution in [0, 0.1) is 6.92 Å². The van der Waals surface area contributed by atoms with Gasteiger partial charge in [0.2, 0.25) is 0 Å². The Balaban J connectivity index is 0.00000116. The number of aliphatic imine (C=N–C) groups is 1. The minimum Gasteiger partial charge on any atom is -0.379 e. The molecular formula is C17H28N2O2S. The number of pyridine rings is 1. The highest BCUT2D eigenvalue weighted by Gasteiger charge is 2.21. The topological polar surface area (TPSA) is 43.6 Å². The molecule has 1 fully saturated rings. The van der Waals surface area contributed by atoms with Gasteiger partial charge in [-0.1, -0.05) is 13.8 Å². The van der Waals surface area contributed by atoms with Crippen LogP contribution in [0.4, 0.5) is 0 Å². The third-order valence-electron chi connectivity index (χ3n) is 3.76. The Morgan fingerprint density at radius 2 is 2.14 bits per heavy atom. The molecule has 22 heavy (non-hydrogen) atoms. The second-order valence-electron chi connectivity index (χ2n) is 5.11. The van der Waals surface area contributed by atoms with E-state index >= 15 is 0 Å². The van der Waals surface area contributed by atoms with Gasteiger partial charge in [0, 0.05) is 29.6 Å². The highest BCUT2D eigenvalue weighted by Crippen LogP contribution is 2.21. The molecular weight excluding hydrogens is 296 g/mol. The van der Waals surface area contributed by atoms with Crippen LogP contribution < -0.4 is 5.56 Å². The first-order valence-corrected chi connectivity index (χ1v) is 9.21. The van der Waals surface area contributed by atoms with E-state index in [1.165, 1.54) is 0 Å². The molecule has 1 aliphatic rings. The monoisotopic (exact) mass is 324 g/mol. The molecule has 2 rings (SSSR count). The van der Waals surface area contributed by atoms with Gasteiger partial charge >= 0.3 is 0 Å². The average molecular weight is 324 g/mol. The summed E-state index contributed by atoms with van der Waals surface area (Å²) in [6, 6.07) is 3.69. The van der Waals surface area contributed by atoms with E-state index in [4.69, 9.17) is 4.74 Å². The molecule has 0 amide bonds. The first-order chi connectivity index (χ1) is 10.5. The fourth-order valence-corrected chi connectivity index (χ4v) is 2.87. The molecule has 2 heterocycles. The Hall–Kier alpha value is -1.07. The molecule has 0 aliphatic carbocycles. The van der Waals surface area contributed by atoms with E-state index in [0.29, 0.717) is 6.61 Å². The number of hydrogen-bond donors (Lipinski definition) is 0. The predicted octanol–water partition coefficient (Wildman–Crippen LogP) is 3.66. The Labute approximate surface area is 138 Å². The molecule has 1 saturated heterocycles. The lowest BCUT2D eigenvalue weighted by Gasteiger charge is -2.18. The van der Waals surface area contributed by atoms with Crippen LogP contribution in [-0.4, -0.2) is 35.1 Å². The van der Waals surface area contributed by atoms with Gasteiger partial charge in [0.25, 0.3) is 5.56 Å². The third kappa shape index (κ3) is 4.46. The van der Waals surface area contributed by atoms with Gasteiger partial charge in [0.15, 0.2) is 0 Å². The van der Waals surface area contributed by atoms with E-state index in [9.17, 15) is 4.79 Å². The third-order valence-corrected chi connectivity index (χ3v) is 4.55. The summed E-state index contributed by atoms with van der Waals surface area (Å²) in [5.74, 6) is 0. The lowest BCUT2D eigenvalue weighted by Crippen LogP contribution is -2.28. The SMILES string of the molecule is CC.CSC(C)/N=C(/C)c1ccc(=O)n(C2CCOC2)c1C. The van der Waals surface area contributed by atoms with Crippen molar-refractivity contribution in [3.8, 4) is 0 Å². The summed E-state index contributed by atoms with van der Waals surface area (Å²) < 4.78 is 7.28. The molecule has 0 saturated carbocycles. The molecule has 1 aliphatic heterocycles. The van der Waals surface area contributed by atoms with Crippen LogP contribution in [0.2, 0.25) is 0 Å². The van der Waals surface area contributed by atoms with E-state index in [2.05, 4.69) is 11.9 Å². The minimum absolute atomic E-state index is 0.0486. The zero-order valence-electron chi connectivity index (χ0n) is 14.5. The van der Waals surface area contributed by atoms with E-state index in [0.717, 1.165) is 30.0 Å². The lowest BCUT2D eigenvalue weighted by molar-refractivity contribution is 0.185. The van der Waals surface area contributed by atoms with Gasteiger partial charge in [-0.25, -0.2) is 0 Å². The minimum atomic E-state index is 0.0486. The molecule has 1 aromatic rings. The highest BCUT2D eigenvalue weighted by atomic mass is 32.2. The van der Waals surface area contributed by atoms with Gasteiger partial charge < -0.3 is 9.30 Å². The predicted molar refractivity (Wildman–Crippen MR) is 96.4 cm³/mol. The molecule has 1 aromatic heterocycles. The van der Waals surface area contributed by atoms with Crippen molar-refractivity contribution < 1.29 is 4.74 Å². The quantitative estimate of drug-likeness (QED) is 0.794. The lowest BCUT2D eigenvalue weighted by atomic mass is 10.1. The first kappa shape index (κ1) is 19.0. The van der Waals surface area contributed by atoms with Gasteiger partial charge in [-0.15, -0.1) is 11.8 Å². The van der Waals surface area contributed by atoms with Crippen LogP contribution >= 0.6 is 11.8 Å². The van der Waals surface area contributed by atoms with Crippen molar-refractivity contribution >= 4 is 17.5 Å². The van der Waals surface area contributed by atoms with Crippen molar-refractivity contribution in [2.45, 2.75) is 52.5 Å². The second-order valence-corrected chi connectivity index (χ2v) is 6.26. The van der Waals surface area contributed by atoms with Crippen molar-refractivity contribution in [3.05, 3.63) is 33.7 Å². The van der Waals surface area contributed by atoms with Crippen LogP contribution in [0.25, 0.3) is 0 Å². The molecule has 0 spiro atoms. The molecule has 5 heteroatoms. The summed E-state index contributed by atoms with van der Waals surface area (Å²) in [6.07, 6.45) is 2.95. The molecule has 2 atom stereocenters. The summed E-state index contributed by atoms with van der Waals surface area (Å²) in [7, 11) is 0. The number of nitrogens with zero attached hydrogens (tertiary/aromatic N) is 2. The molecule has 0 bridgehead atoms. The van der Waals surface area contributed by atoms with Crippen molar-refractivity contribution in [2.75, 3.05) is 19.5 Å². The van der Waals surface area contributed by atoms with Gasteiger partial charge in [0.05, 0.1) is 18.0 Å². The van der Waals surface area contributed by atoms with Crippen LogP contribution in [0.5, 0.6) is 0 Å². The fourth-order valence-electron chi connectivity index (χ4n) is 2.61. The maximum Gasteiger partial charge on any atom is 0.251 e. The van der Waals surface area contributed by atoms with Gasteiger partial charge in [0.1, 0.15) is 0 Å². The number of aromatic nitrogens is 1. The van der Waals surface area contributed by atoms with Crippen LogP contribution in [-0.2, 0) is 4.74 Å². The smallest absolute Gasteiger partial charge is 0.251 e. The maximum atomic E-state index is 12.1. The summed E-state index contributed by atoms with van der Waals surface area (Å²) >= 11 is 1.71. The van der Waals surface area contributed by atoms with E-state index in [-0.39, 0.29) is 17.0 Å². The van der Waals surface area contributed by atoms with Crippen molar-refractivity contribution in [1.82, 2.24) is 4.57 Å². The summed E-state index contributed by atoms with van der Waals surface area (Å²) in [5.41, 5.74) is 3.07. The van der Waals surface area contributed by atoms with Crippen molar-refractivity contribution in [2.24, 2.45) is 4.99 Å².